The van der Waals surface area contributed by atoms with Crippen molar-refractivity contribution >= 4 is 5.71 Å². The van der Waals surface area contributed by atoms with Gasteiger partial charge in [-0.3, -0.25) is 0 Å². The van der Waals surface area contributed by atoms with Gasteiger partial charge in [-0.15, -0.1) is 0 Å². The largest absolute Gasteiger partial charge is 0.389 e. The highest BCUT2D eigenvalue weighted by Gasteiger charge is 2.21. The first-order chi connectivity index (χ1) is 9.54. The summed E-state index contributed by atoms with van der Waals surface area (Å²) in [4.78, 5) is 0. The van der Waals surface area contributed by atoms with Gasteiger partial charge in [-0.1, -0.05) is 30.7 Å². The van der Waals surface area contributed by atoms with Gasteiger partial charge in [0.25, 0.3) is 0 Å². The molecule has 0 saturated carbocycles. The van der Waals surface area contributed by atoms with E-state index in [1.54, 1.807) is 7.11 Å². The SMILES string of the molecule is COC1/C=C/CCCCC(=N)CC/C(C)=C\[C@@H](C)[C@@H]1O. The molecular formula is C17H29NO2. The molecule has 20 heavy (non-hydrogen) atoms. The summed E-state index contributed by atoms with van der Waals surface area (Å²) in [6.45, 7) is 4.10. The number of methoxy groups -OCH3 is 1. The number of rotatable bonds is 1. The zero-order valence-electron chi connectivity index (χ0n) is 13.1. The summed E-state index contributed by atoms with van der Waals surface area (Å²) in [6, 6.07) is 0. The summed E-state index contributed by atoms with van der Waals surface area (Å²) in [7, 11) is 1.64. The number of hydrogen-bond donors (Lipinski definition) is 2. The number of allylic oxidation sites excluding steroid dienone is 2. The standard InChI is InChI=1S/C17H29NO2/c1-13-10-11-15(18)8-6-4-5-7-9-16(20-3)17(19)14(2)12-13/h7,9,12,14,16-19H,4-6,8,10-11H2,1-3H3/b9-7+,13-12-,18-15?/t14-,16?,17+/m1/s1. The minimum Gasteiger partial charge on any atom is -0.389 e. The van der Waals surface area contributed by atoms with Gasteiger partial charge in [-0.25, -0.2) is 0 Å². The van der Waals surface area contributed by atoms with Gasteiger partial charge >= 0.3 is 0 Å². The van der Waals surface area contributed by atoms with Crippen molar-refractivity contribution in [2.75, 3.05) is 7.11 Å². The normalized spacial score (nSPS) is 34.9. The zero-order valence-corrected chi connectivity index (χ0v) is 13.1. The molecule has 0 radical (unpaired) electrons. The van der Waals surface area contributed by atoms with Crippen LogP contribution < -0.4 is 0 Å². The third-order valence-electron chi connectivity index (χ3n) is 3.94. The third-order valence-corrected chi connectivity index (χ3v) is 3.94. The lowest BCUT2D eigenvalue weighted by molar-refractivity contribution is -0.00187. The van der Waals surface area contributed by atoms with Gasteiger partial charge in [-0.05, 0) is 45.4 Å². The monoisotopic (exact) mass is 279 g/mol. The molecule has 0 fully saturated rings. The first-order valence-electron chi connectivity index (χ1n) is 7.65. The molecule has 1 rings (SSSR count). The number of nitrogens with one attached hydrogen (secondary N) is 1. The van der Waals surface area contributed by atoms with E-state index in [1.807, 2.05) is 13.0 Å². The van der Waals surface area contributed by atoms with Crippen LogP contribution in [0.1, 0.15) is 52.4 Å². The lowest BCUT2D eigenvalue weighted by Crippen LogP contribution is -2.31. The first-order valence-corrected chi connectivity index (χ1v) is 7.65. The van der Waals surface area contributed by atoms with E-state index >= 15 is 0 Å². The van der Waals surface area contributed by atoms with Crippen LogP contribution in [0.15, 0.2) is 23.8 Å². The highest BCUT2D eigenvalue weighted by molar-refractivity contribution is 5.81. The van der Waals surface area contributed by atoms with Crippen LogP contribution in [-0.4, -0.2) is 30.1 Å². The molecule has 0 bridgehead atoms. The minimum absolute atomic E-state index is 0.0572. The third kappa shape index (κ3) is 6.02. The Morgan fingerprint density at radius 2 is 2.00 bits per heavy atom. The van der Waals surface area contributed by atoms with Crippen molar-refractivity contribution in [3.8, 4) is 0 Å². The van der Waals surface area contributed by atoms with E-state index in [4.69, 9.17) is 10.1 Å². The second kappa shape index (κ2) is 9.09. The molecule has 0 heterocycles. The predicted molar refractivity (Wildman–Crippen MR) is 84.3 cm³/mol. The van der Waals surface area contributed by atoms with Crippen molar-refractivity contribution in [2.45, 2.75) is 64.6 Å². The zero-order chi connectivity index (χ0) is 15.0. The fourth-order valence-corrected chi connectivity index (χ4v) is 2.57. The molecule has 3 atom stereocenters. The van der Waals surface area contributed by atoms with Gasteiger partial charge in [0.15, 0.2) is 0 Å². The summed E-state index contributed by atoms with van der Waals surface area (Å²) in [5, 5.41) is 18.3. The van der Waals surface area contributed by atoms with Crippen molar-refractivity contribution in [3.05, 3.63) is 23.8 Å². The maximum atomic E-state index is 10.4. The van der Waals surface area contributed by atoms with Crippen molar-refractivity contribution < 1.29 is 9.84 Å². The van der Waals surface area contributed by atoms with Gasteiger partial charge < -0.3 is 15.3 Å². The summed E-state index contributed by atoms with van der Waals surface area (Å²) in [5.41, 5.74) is 2.10. The summed E-state index contributed by atoms with van der Waals surface area (Å²) in [5.74, 6) is 0.0572. The average molecular weight is 279 g/mol. The van der Waals surface area contributed by atoms with Crippen LogP contribution in [0.2, 0.25) is 0 Å². The summed E-state index contributed by atoms with van der Waals surface area (Å²) < 4.78 is 5.39. The molecule has 1 unspecified atom stereocenters. The number of aliphatic hydroxyl groups excluding tert-OH is 1. The Bertz CT molecular complexity index is 360. The Balaban J connectivity index is 2.78. The topological polar surface area (TPSA) is 53.3 Å². The Labute approximate surface area is 123 Å². The molecule has 114 valence electrons. The highest BCUT2D eigenvalue weighted by Crippen LogP contribution is 2.18. The lowest BCUT2D eigenvalue weighted by Gasteiger charge is -2.23. The molecule has 0 aromatic carbocycles. The van der Waals surface area contributed by atoms with E-state index in [0.29, 0.717) is 0 Å². The van der Waals surface area contributed by atoms with Crippen LogP contribution in [0.4, 0.5) is 0 Å². The van der Waals surface area contributed by atoms with Gasteiger partial charge in [0, 0.05) is 18.7 Å². The van der Waals surface area contributed by atoms with E-state index in [9.17, 15) is 5.11 Å². The number of ether oxygens (including phenoxy) is 1. The average Bonchev–Trinajstić information content (AvgIpc) is 2.43. The molecule has 0 aliphatic heterocycles. The van der Waals surface area contributed by atoms with Crippen LogP contribution in [0.25, 0.3) is 0 Å². The highest BCUT2D eigenvalue weighted by atomic mass is 16.5. The van der Waals surface area contributed by atoms with Crippen molar-refractivity contribution in [1.29, 1.82) is 5.41 Å². The lowest BCUT2D eigenvalue weighted by atomic mass is 9.94. The fourth-order valence-electron chi connectivity index (χ4n) is 2.57. The van der Waals surface area contributed by atoms with E-state index in [1.165, 1.54) is 5.57 Å². The molecular weight excluding hydrogens is 250 g/mol. The Kier molecular flexibility index (Phi) is 7.78. The quantitative estimate of drug-likeness (QED) is 0.716. The molecule has 0 aromatic heterocycles. The number of hydrogen-bond acceptors (Lipinski definition) is 3. The molecule has 0 saturated heterocycles. The Morgan fingerprint density at radius 3 is 2.70 bits per heavy atom. The van der Waals surface area contributed by atoms with Gasteiger partial charge in [0.1, 0.15) is 6.10 Å². The smallest absolute Gasteiger partial charge is 0.102 e. The Hall–Kier alpha value is -0.930. The second-order valence-corrected chi connectivity index (χ2v) is 5.84. The molecule has 3 heteroatoms. The van der Waals surface area contributed by atoms with Crippen LogP contribution in [0.3, 0.4) is 0 Å². The van der Waals surface area contributed by atoms with Crippen LogP contribution in [-0.2, 0) is 4.74 Å². The maximum Gasteiger partial charge on any atom is 0.102 e. The van der Waals surface area contributed by atoms with Gasteiger partial charge in [0.05, 0.1) is 6.10 Å². The van der Waals surface area contributed by atoms with Gasteiger partial charge in [-0.2, -0.15) is 0 Å². The molecule has 1 aliphatic carbocycles. The van der Waals surface area contributed by atoms with E-state index in [0.717, 1.165) is 44.2 Å². The first kappa shape index (κ1) is 17.1. The molecule has 2 N–H and O–H groups in total. The fraction of sp³-hybridized carbons (Fsp3) is 0.706. The van der Waals surface area contributed by atoms with Crippen LogP contribution >= 0.6 is 0 Å². The molecule has 3 nitrogen and oxygen atoms in total. The van der Waals surface area contributed by atoms with Gasteiger partial charge in [0.2, 0.25) is 0 Å². The van der Waals surface area contributed by atoms with Crippen LogP contribution in [0.5, 0.6) is 0 Å². The van der Waals surface area contributed by atoms with Crippen LogP contribution in [0, 0.1) is 11.3 Å². The number of aliphatic hydroxyl groups is 1. The van der Waals surface area contributed by atoms with Crippen molar-refractivity contribution in [3.63, 3.8) is 0 Å². The molecule has 1 aliphatic rings. The minimum atomic E-state index is -0.520. The molecule has 0 aromatic rings. The second-order valence-electron chi connectivity index (χ2n) is 5.84. The Morgan fingerprint density at radius 1 is 1.25 bits per heavy atom. The predicted octanol–water partition coefficient (Wildman–Crippen LogP) is 3.87. The molecule has 0 spiro atoms. The molecule has 0 amide bonds. The van der Waals surface area contributed by atoms with Crippen molar-refractivity contribution in [1.82, 2.24) is 0 Å². The summed E-state index contributed by atoms with van der Waals surface area (Å²) >= 11 is 0. The van der Waals surface area contributed by atoms with E-state index in [2.05, 4.69) is 19.1 Å². The van der Waals surface area contributed by atoms with E-state index < -0.39 is 6.10 Å². The van der Waals surface area contributed by atoms with E-state index in [-0.39, 0.29) is 12.0 Å². The summed E-state index contributed by atoms with van der Waals surface area (Å²) in [6.07, 6.45) is 11.2. The maximum absolute atomic E-state index is 10.4. The van der Waals surface area contributed by atoms with Crippen molar-refractivity contribution in [2.24, 2.45) is 5.92 Å².